The number of aromatic nitrogens is 1. The Hall–Kier alpha value is -1.58. The second-order valence-electron chi connectivity index (χ2n) is 5.26. The van der Waals surface area contributed by atoms with E-state index < -0.39 is 0 Å². The molecule has 2 fully saturated rings. The van der Waals surface area contributed by atoms with Crippen LogP contribution in [0.2, 0.25) is 0 Å². The molecule has 1 aromatic heterocycles. The minimum Gasteiger partial charge on any atom is -0.367 e. The van der Waals surface area contributed by atoms with Gasteiger partial charge in [0, 0.05) is 30.6 Å². The number of carbonyl (C=O) groups is 1. The number of hydrogen-bond donors (Lipinski definition) is 2. The molecule has 1 aliphatic heterocycles. The average molecular weight is 245 g/mol. The van der Waals surface area contributed by atoms with Crippen molar-refractivity contribution in [2.45, 2.75) is 44.1 Å². The van der Waals surface area contributed by atoms with Crippen LogP contribution in [0.15, 0.2) is 18.2 Å². The molecule has 0 radical (unpaired) electrons. The van der Waals surface area contributed by atoms with E-state index in [0.717, 1.165) is 25.2 Å². The van der Waals surface area contributed by atoms with Crippen LogP contribution in [0.25, 0.3) is 0 Å². The third-order valence-corrected chi connectivity index (χ3v) is 3.60. The van der Waals surface area contributed by atoms with Gasteiger partial charge in [0.1, 0.15) is 5.82 Å². The van der Waals surface area contributed by atoms with Gasteiger partial charge in [-0.2, -0.15) is 0 Å². The van der Waals surface area contributed by atoms with Gasteiger partial charge in [-0.15, -0.1) is 0 Å². The average Bonchev–Trinajstić information content (AvgIpc) is 3.18. The van der Waals surface area contributed by atoms with Gasteiger partial charge in [0.15, 0.2) is 0 Å². The summed E-state index contributed by atoms with van der Waals surface area (Å²) in [6, 6.07) is 6.37. The first kappa shape index (κ1) is 11.5. The van der Waals surface area contributed by atoms with E-state index in [2.05, 4.69) is 27.8 Å². The Morgan fingerprint density at radius 3 is 3.00 bits per heavy atom. The Bertz CT molecular complexity index is 442. The lowest BCUT2D eigenvalue weighted by molar-refractivity contribution is -0.120. The van der Waals surface area contributed by atoms with Crippen LogP contribution in [0.5, 0.6) is 0 Å². The fourth-order valence-corrected chi connectivity index (χ4v) is 2.44. The molecule has 4 heteroatoms. The van der Waals surface area contributed by atoms with Crippen molar-refractivity contribution in [3.8, 4) is 0 Å². The Morgan fingerprint density at radius 1 is 1.28 bits per heavy atom. The Morgan fingerprint density at radius 2 is 2.17 bits per heavy atom. The summed E-state index contributed by atoms with van der Waals surface area (Å²) in [6.07, 6.45) is 5.14. The topological polar surface area (TPSA) is 54.0 Å². The van der Waals surface area contributed by atoms with Gasteiger partial charge in [-0.25, -0.2) is 4.98 Å². The molecule has 96 valence electrons. The molecule has 1 aromatic rings. The van der Waals surface area contributed by atoms with E-state index in [1.807, 2.05) is 6.07 Å². The molecule has 1 saturated heterocycles. The number of carbonyl (C=O) groups excluding carboxylic acids is 1. The van der Waals surface area contributed by atoms with Gasteiger partial charge < -0.3 is 10.6 Å². The molecule has 2 aliphatic rings. The second-order valence-corrected chi connectivity index (χ2v) is 5.26. The van der Waals surface area contributed by atoms with E-state index in [1.165, 1.54) is 18.5 Å². The maximum Gasteiger partial charge on any atom is 0.222 e. The molecule has 1 aliphatic carbocycles. The van der Waals surface area contributed by atoms with Crippen molar-refractivity contribution < 1.29 is 4.79 Å². The van der Waals surface area contributed by atoms with Crippen molar-refractivity contribution in [3.63, 3.8) is 0 Å². The van der Waals surface area contributed by atoms with Crippen molar-refractivity contribution >= 4 is 11.7 Å². The predicted octanol–water partition coefficient (Wildman–Crippen LogP) is 2.04. The first-order valence-corrected chi connectivity index (χ1v) is 6.81. The van der Waals surface area contributed by atoms with Gasteiger partial charge in [0.25, 0.3) is 0 Å². The zero-order chi connectivity index (χ0) is 12.4. The lowest BCUT2D eigenvalue weighted by atomic mass is 10.1. The summed E-state index contributed by atoms with van der Waals surface area (Å²) in [5, 5.41) is 6.30. The standard InChI is InChI=1S/C14H19N3O/c18-14-9-11(3-2-8-15-14)16-13-5-1-4-12(17-13)10-6-7-10/h1,4-5,10-11H,2-3,6-9H2,(H,15,18)(H,16,17). The minimum atomic E-state index is 0.142. The summed E-state index contributed by atoms with van der Waals surface area (Å²) in [7, 11) is 0. The summed E-state index contributed by atoms with van der Waals surface area (Å²) in [6.45, 7) is 0.798. The molecule has 0 spiro atoms. The lowest BCUT2D eigenvalue weighted by Crippen LogP contribution is -2.27. The summed E-state index contributed by atoms with van der Waals surface area (Å²) >= 11 is 0. The molecule has 2 heterocycles. The molecule has 1 unspecified atom stereocenters. The minimum absolute atomic E-state index is 0.142. The SMILES string of the molecule is O=C1CC(Nc2cccc(C3CC3)n2)CCCN1. The lowest BCUT2D eigenvalue weighted by Gasteiger charge is -2.16. The van der Waals surface area contributed by atoms with Crippen LogP contribution >= 0.6 is 0 Å². The van der Waals surface area contributed by atoms with Crippen LogP contribution in [0.4, 0.5) is 5.82 Å². The molecule has 1 atom stereocenters. The van der Waals surface area contributed by atoms with Gasteiger partial charge >= 0.3 is 0 Å². The summed E-state index contributed by atoms with van der Waals surface area (Å²) < 4.78 is 0. The highest BCUT2D eigenvalue weighted by Crippen LogP contribution is 2.39. The summed E-state index contributed by atoms with van der Waals surface area (Å²) in [4.78, 5) is 16.1. The summed E-state index contributed by atoms with van der Waals surface area (Å²) in [5.41, 5.74) is 1.19. The fraction of sp³-hybridized carbons (Fsp3) is 0.571. The molecule has 0 aromatic carbocycles. The third kappa shape index (κ3) is 2.81. The number of nitrogens with zero attached hydrogens (tertiary/aromatic N) is 1. The maximum atomic E-state index is 11.5. The number of nitrogens with one attached hydrogen (secondary N) is 2. The molecular weight excluding hydrogens is 226 g/mol. The maximum absolute atomic E-state index is 11.5. The third-order valence-electron chi connectivity index (χ3n) is 3.60. The molecule has 18 heavy (non-hydrogen) atoms. The number of rotatable bonds is 3. The first-order valence-electron chi connectivity index (χ1n) is 6.81. The number of amides is 1. The monoisotopic (exact) mass is 245 g/mol. The van der Waals surface area contributed by atoms with Crippen molar-refractivity contribution in [2.75, 3.05) is 11.9 Å². The van der Waals surface area contributed by atoms with Gasteiger partial charge in [-0.3, -0.25) is 4.79 Å². The van der Waals surface area contributed by atoms with Crippen LogP contribution in [0.1, 0.15) is 43.7 Å². The van der Waals surface area contributed by atoms with E-state index >= 15 is 0 Å². The number of anilines is 1. The van der Waals surface area contributed by atoms with Gasteiger partial charge in [0.2, 0.25) is 5.91 Å². The van der Waals surface area contributed by atoms with E-state index in [9.17, 15) is 4.79 Å². The molecule has 0 bridgehead atoms. The van der Waals surface area contributed by atoms with Gasteiger partial charge in [-0.1, -0.05) is 6.07 Å². The molecule has 2 N–H and O–H groups in total. The van der Waals surface area contributed by atoms with Crippen LogP contribution in [-0.4, -0.2) is 23.5 Å². The quantitative estimate of drug-likeness (QED) is 0.856. The van der Waals surface area contributed by atoms with Crippen LogP contribution in [0, 0.1) is 0 Å². The largest absolute Gasteiger partial charge is 0.367 e. The fourth-order valence-electron chi connectivity index (χ4n) is 2.44. The smallest absolute Gasteiger partial charge is 0.222 e. The summed E-state index contributed by atoms with van der Waals surface area (Å²) in [5.74, 6) is 1.73. The normalized spacial score (nSPS) is 24.2. The van der Waals surface area contributed by atoms with Crippen LogP contribution in [-0.2, 0) is 4.79 Å². The van der Waals surface area contributed by atoms with E-state index in [-0.39, 0.29) is 11.9 Å². The predicted molar refractivity (Wildman–Crippen MR) is 70.5 cm³/mol. The Kier molecular flexibility index (Phi) is 3.17. The second kappa shape index (κ2) is 4.96. The zero-order valence-electron chi connectivity index (χ0n) is 10.5. The van der Waals surface area contributed by atoms with Crippen molar-refractivity contribution in [1.82, 2.24) is 10.3 Å². The van der Waals surface area contributed by atoms with Crippen LogP contribution in [0.3, 0.4) is 0 Å². The highest BCUT2D eigenvalue weighted by molar-refractivity contribution is 5.77. The zero-order valence-corrected chi connectivity index (χ0v) is 10.5. The molecule has 1 saturated carbocycles. The van der Waals surface area contributed by atoms with Crippen molar-refractivity contribution in [3.05, 3.63) is 23.9 Å². The van der Waals surface area contributed by atoms with Crippen molar-refractivity contribution in [1.29, 1.82) is 0 Å². The van der Waals surface area contributed by atoms with E-state index in [0.29, 0.717) is 12.3 Å². The molecular formula is C14H19N3O. The van der Waals surface area contributed by atoms with E-state index in [1.54, 1.807) is 0 Å². The van der Waals surface area contributed by atoms with Gasteiger partial charge in [0.05, 0.1) is 0 Å². The van der Waals surface area contributed by atoms with Crippen LogP contribution < -0.4 is 10.6 Å². The molecule has 4 nitrogen and oxygen atoms in total. The molecule has 1 amide bonds. The van der Waals surface area contributed by atoms with Crippen molar-refractivity contribution in [2.24, 2.45) is 0 Å². The number of pyridine rings is 1. The Labute approximate surface area is 107 Å². The number of hydrogen-bond acceptors (Lipinski definition) is 3. The highest BCUT2D eigenvalue weighted by Gasteiger charge is 2.25. The van der Waals surface area contributed by atoms with E-state index in [4.69, 9.17) is 0 Å². The Balaban J connectivity index is 1.67. The molecule has 3 rings (SSSR count). The first-order chi connectivity index (χ1) is 8.81. The van der Waals surface area contributed by atoms with Gasteiger partial charge in [-0.05, 0) is 37.8 Å². The highest BCUT2D eigenvalue weighted by atomic mass is 16.1.